The van der Waals surface area contributed by atoms with Crippen LogP contribution in [0.2, 0.25) is 0 Å². The van der Waals surface area contributed by atoms with Crippen LogP contribution in [0.25, 0.3) is 16.5 Å². The molecule has 2 aromatic heterocycles. The lowest BCUT2D eigenvalue weighted by molar-refractivity contribution is -0.143. The maximum absolute atomic E-state index is 13.8. The Labute approximate surface area is 209 Å². The lowest BCUT2D eigenvalue weighted by atomic mass is 9.93. The van der Waals surface area contributed by atoms with Crippen LogP contribution in [0.5, 0.6) is 0 Å². The van der Waals surface area contributed by atoms with Gasteiger partial charge in [0.2, 0.25) is 0 Å². The number of aromatic nitrogens is 3. The van der Waals surface area contributed by atoms with Crippen molar-refractivity contribution >= 4 is 16.7 Å². The molecule has 182 valence electrons. The number of hydrogen-bond acceptors (Lipinski definition) is 4. The summed E-state index contributed by atoms with van der Waals surface area (Å²) >= 11 is 0. The van der Waals surface area contributed by atoms with Gasteiger partial charge in [-0.25, -0.2) is 0 Å². The number of rotatable bonds is 4. The number of aliphatic hydroxyl groups is 1. The van der Waals surface area contributed by atoms with Gasteiger partial charge in [0, 0.05) is 43.0 Å². The van der Waals surface area contributed by atoms with Crippen molar-refractivity contribution in [2.45, 2.75) is 32.3 Å². The minimum Gasteiger partial charge on any atom is -0.384 e. The number of benzene rings is 2. The Balaban J connectivity index is 1.55. The first-order valence-electron chi connectivity index (χ1n) is 12.1. The number of nitrogens with zero attached hydrogens (tertiary/aromatic N) is 4. The van der Waals surface area contributed by atoms with Crippen LogP contribution in [0.15, 0.2) is 65.6 Å². The Hall–Kier alpha value is -4.15. The van der Waals surface area contributed by atoms with E-state index in [1.165, 1.54) is 6.92 Å². The second-order valence-corrected chi connectivity index (χ2v) is 9.17. The van der Waals surface area contributed by atoms with Gasteiger partial charge in [-0.1, -0.05) is 49.1 Å². The molecule has 1 fully saturated rings. The SMILES string of the molecule is CCc1cc2cccc(C#Cc3cnn(C)c3C3CN(C(=O)C(C)O)C3)c2c(=O)n1-c1ccccc1. The molecule has 0 saturated carbocycles. The second kappa shape index (κ2) is 9.48. The molecule has 1 atom stereocenters. The Morgan fingerprint density at radius 3 is 2.53 bits per heavy atom. The van der Waals surface area contributed by atoms with Crippen molar-refractivity contribution in [3.05, 3.63) is 93.7 Å². The smallest absolute Gasteiger partial charge is 0.264 e. The largest absolute Gasteiger partial charge is 0.384 e. The number of hydrogen-bond donors (Lipinski definition) is 1. The van der Waals surface area contributed by atoms with E-state index >= 15 is 0 Å². The minimum absolute atomic E-state index is 0.0851. The molecule has 1 unspecified atom stereocenters. The molecule has 7 nitrogen and oxygen atoms in total. The summed E-state index contributed by atoms with van der Waals surface area (Å²) in [5.41, 5.74) is 4.08. The number of aliphatic hydroxyl groups excluding tert-OH is 1. The van der Waals surface area contributed by atoms with Gasteiger partial charge in [0.25, 0.3) is 11.5 Å². The highest BCUT2D eigenvalue weighted by molar-refractivity contribution is 5.88. The maximum Gasteiger partial charge on any atom is 0.264 e. The van der Waals surface area contributed by atoms with E-state index < -0.39 is 6.10 Å². The van der Waals surface area contributed by atoms with Crippen LogP contribution in [-0.4, -0.2) is 49.5 Å². The van der Waals surface area contributed by atoms with Crippen molar-refractivity contribution in [3.8, 4) is 17.5 Å². The molecule has 1 saturated heterocycles. The Morgan fingerprint density at radius 1 is 1.11 bits per heavy atom. The summed E-state index contributed by atoms with van der Waals surface area (Å²) < 4.78 is 3.56. The number of carbonyl (C=O) groups is 1. The number of fused-ring (bicyclic) bond motifs is 1. The predicted octanol–water partition coefficient (Wildman–Crippen LogP) is 2.99. The Morgan fingerprint density at radius 2 is 1.83 bits per heavy atom. The topological polar surface area (TPSA) is 80.4 Å². The molecule has 0 radical (unpaired) electrons. The van der Waals surface area contributed by atoms with Gasteiger partial charge < -0.3 is 10.0 Å². The molecular weight excluding hydrogens is 452 g/mol. The summed E-state index contributed by atoms with van der Waals surface area (Å²) in [6, 6.07) is 17.5. The fraction of sp³-hybridized carbons (Fsp3) is 0.276. The molecule has 1 aliphatic rings. The first kappa shape index (κ1) is 23.6. The van der Waals surface area contributed by atoms with E-state index in [9.17, 15) is 14.7 Å². The van der Waals surface area contributed by atoms with E-state index in [0.29, 0.717) is 24.0 Å². The standard InChI is InChI=1S/C29H28N4O3/c1-4-24-15-21-10-8-9-20(26(21)29(36)33(24)25-11-6-5-7-12-25)13-14-22-16-30-31(3)27(22)23-17-32(18-23)28(35)19(2)34/h5-12,15-16,19,23,34H,4,17-18H2,1-3H3. The highest BCUT2D eigenvalue weighted by Crippen LogP contribution is 2.29. The third kappa shape index (κ3) is 4.10. The number of aryl methyl sites for hydroxylation is 2. The molecule has 0 aliphatic carbocycles. The highest BCUT2D eigenvalue weighted by atomic mass is 16.3. The highest BCUT2D eigenvalue weighted by Gasteiger charge is 2.36. The summed E-state index contributed by atoms with van der Waals surface area (Å²) in [5.74, 6) is 6.30. The number of pyridine rings is 1. The summed E-state index contributed by atoms with van der Waals surface area (Å²) in [6.45, 7) is 4.57. The van der Waals surface area contributed by atoms with E-state index in [0.717, 1.165) is 34.4 Å². The van der Waals surface area contributed by atoms with E-state index in [4.69, 9.17) is 0 Å². The molecule has 1 aliphatic heterocycles. The van der Waals surface area contributed by atoms with E-state index in [1.807, 2.05) is 62.5 Å². The first-order chi connectivity index (χ1) is 17.4. The maximum atomic E-state index is 13.8. The molecule has 2 aromatic carbocycles. The van der Waals surface area contributed by atoms with Gasteiger partial charge in [0.05, 0.1) is 22.8 Å². The predicted molar refractivity (Wildman–Crippen MR) is 139 cm³/mol. The van der Waals surface area contributed by atoms with Gasteiger partial charge in [0.1, 0.15) is 6.10 Å². The van der Waals surface area contributed by atoms with Crippen LogP contribution in [0.4, 0.5) is 0 Å². The average molecular weight is 481 g/mol. The molecule has 3 heterocycles. The zero-order chi connectivity index (χ0) is 25.4. The molecule has 1 amide bonds. The number of carbonyl (C=O) groups excluding carboxylic acids is 1. The molecule has 36 heavy (non-hydrogen) atoms. The van der Waals surface area contributed by atoms with Crippen molar-refractivity contribution in [1.82, 2.24) is 19.2 Å². The van der Waals surface area contributed by atoms with Crippen molar-refractivity contribution in [2.75, 3.05) is 13.1 Å². The Kier molecular flexibility index (Phi) is 6.21. The van der Waals surface area contributed by atoms with Crippen molar-refractivity contribution in [1.29, 1.82) is 0 Å². The zero-order valence-corrected chi connectivity index (χ0v) is 20.6. The van der Waals surface area contributed by atoms with Crippen LogP contribution in [-0.2, 0) is 18.3 Å². The number of para-hydroxylation sites is 1. The molecule has 1 N–H and O–H groups in total. The Bertz CT molecular complexity index is 1570. The monoisotopic (exact) mass is 480 g/mol. The molecular formula is C29H28N4O3. The quantitative estimate of drug-likeness (QED) is 0.456. The van der Waals surface area contributed by atoms with Crippen LogP contribution >= 0.6 is 0 Å². The molecule has 7 heteroatoms. The lowest BCUT2D eigenvalue weighted by Crippen LogP contribution is -2.52. The molecule has 4 aromatic rings. The van der Waals surface area contributed by atoms with E-state index in [2.05, 4.69) is 23.0 Å². The fourth-order valence-electron chi connectivity index (χ4n) is 4.90. The third-order valence-corrected chi connectivity index (χ3v) is 6.75. The summed E-state index contributed by atoms with van der Waals surface area (Å²) in [7, 11) is 1.86. The number of amides is 1. The van der Waals surface area contributed by atoms with E-state index in [-0.39, 0.29) is 17.4 Å². The normalized spacial score (nSPS) is 14.3. The molecule has 5 rings (SSSR count). The second-order valence-electron chi connectivity index (χ2n) is 9.17. The van der Waals surface area contributed by atoms with Crippen LogP contribution in [0, 0.1) is 11.8 Å². The van der Waals surface area contributed by atoms with E-state index in [1.54, 1.807) is 20.3 Å². The lowest BCUT2D eigenvalue weighted by Gasteiger charge is -2.40. The van der Waals surface area contributed by atoms with Crippen molar-refractivity contribution < 1.29 is 9.90 Å². The third-order valence-electron chi connectivity index (χ3n) is 6.75. The summed E-state index contributed by atoms with van der Waals surface area (Å²) in [5, 5.41) is 15.4. The van der Waals surface area contributed by atoms with Gasteiger partial charge in [-0.2, -0.15) is 5.10 Å². The molecule has 0 spiro atoms. The average Bonchev–Trinajstić information content (AvgIpc) is 3.21. The van der Waals surface area contributed by atoms with Gasteiger partial charge in [0.15, 0.2) is 0 Å². The molecule has 0 bridgehead atoms. The minimum atomic E-state index is -1.00. The van der Waals surface area contributed by atoms with Crippen molar-refractivity contribution in [2.24, 2.45) is 7.05 Å². The van der Waals surface area contributed by atoms with Gasteiger partial charge >= 0.3 is 0 Å². The van der Waals surface area contributed by atoms with Crippen molar-refractivity contribution in [3.63, 3.8) is 0 Å². The summed E-state index contributed by atoms with van der Waals surface area (Å²) in [6.07, 6.45) is 1.45. The first-order valence-corrected chi connectivity index (χ1v) is 12.1. The summed E-state index contributed by atoms with van der Waals surface area (Å²) in [4.78, 5) is 27.4. The van der Waals surface area contributed by atoms with Gasteiger partial charge in [-0.15, -0.1) is 0 Å². The van der Waals surface area contributed by atoms with Crippen LogP contribution in [0.1, 0.15) is 42.3 Å². The van der Waals surface area contributed by atoms with Gasteiger partial charge in [-0.3, -0.25) is 18.8 Å². The fourth-order valence-corrected chi connectivity index (χ4v) is 4.90. The number of likely N-dealkylation sites (tertiary alicyclic amines) is 1. The zero-order valence-electron chi connectivity index (χ0n) is 20.6. The van der Waals surface area contributed by atoms with Crippen LogP contribution < -0.4 is 5.56 Å². The van der Waals surface area contributed by atoms with Gasteiger partial charge in [-0.05, 0) is 43.0 Å². The van der Waals surface area contributed by atoms with Crippen LogP contribution in [0.3, 0.4) is 0 Å².